The molecule has 1 heterocycles. The number of aromatic amines is 1. The van der Waals surface area contributed by atoms with Gasteiger partial charge >= 0.3 is 5.97 Å². The largest absolute Gasteiger partial charge is 0.508 e. The molecule has 0 bridgehead atoms. The average Bonchev–Trinajstić information content (AvgIpc) is 2.49. The van der Waals surface area contributed by atoms with Crippen molar-refractivity contribution in [2.45, 2.75) is 0 Å². The number of aromatic hydroxyl groups is 1. The number of carboxylic acid groups (broad SMARTS) is 1. The summed E-state index contributed by atoms with van der Waals surface area (Å²) in [5.74, 6) is -1.17. The molecule has 0 aliphatic rings. The molecule has 0 fully saturated rings. The van der Waals surface area contributed by atoms with E-state index in [0.717, 1.165) is 0 Å². The summed E-state index contributed by atoms with van der Waals surface area (Å²) < 4.78 is 0. The molecule has 0 unspecified atom stereocenters. The van der Waals surface area contributed by atoms with Crippen molar-refractivity contribution in [3.8, 4) is 5.75 Å². The number of hydrogen-bond acceptors (Lipinski definition) is 3. The number of phenolic OH excluding ortho intramolecular Hbond substituents is 1. The molecule has 1 aromatic heterocycles. The zero-order valence-electron chi connectivity index (χ0n) is 6.48. The maximum atomic E-state index is 10.7. The number of aromatic nitrogens is 2. The van der Waals surface area contributed by atoms with Gasteiger partial charge in [0.25, 0.3) is 0 Å². The number of nitrogens with zero attached hydrogens (tertiary/aromatic N) is 1. The summed E-state index contributed by atoms with van der Waals surface area (Å²) >= 11 is 0. The first-order chi connectivity index (χ1) is 6.18. The van der Waals surface area contributed by atoms with Gasteiger partial charge in [-0.1, -0.05) is 0 Å². The van der Waals surface area contributed by atoms with Crippen LogP contribution >= 0.6 is 0 Å². The first kappa shape index (κ1) is 7.60. The molecule has 1 aromatic carbocycles. The molecule has 5 nitrogen and oxygen atoms in total. The number of aromatic carboxylic acids is 1. The minimum atomic E-state index is -1.09. The summed E-state index contributed by atoms with van der Waals surface area (Å²) in [5.41, 5.74) is 0.442. The second-order valence-corrected chi connectivity index (χ2v) is 2.63. The van der Waals surface area contributed by atoms with Crippen LogP contribution in [0, 0.1) is 0 Å². The molecule has 13 heavy (non-hydrogen) atoms. The molecule has 0 saturated carbocycles. The second-order valence-electron chi connectivity index (χ2n) is 2.63. The molecule has 0 spiro atoms. The summed E-state index contributed by atoms with van der Waals surface area (Å²) in [7, 11) is 0. The van der Waals surface area contributed by atoms with E-state index in [9.17, 15) is 9.90 Å². The maximum Gasteiger partial charge on any atom is 0.338 e. The Balaban J connectivity index is 2.84. The van der Waals surface area contributed by atoms with Crippen LogP contribution in [-0.4, -0.2) is 26.4 Å². The van der Waals surface area contributed by atoms with Gasteiger partial charge in [-0.05, 0) is 12.1 Å². The Morgan fingerprint density at radius 1 is 1.46 bits per heavy atom. The minimum Gasteiger partial charge on any atom is -0.508 e. The van der Waals surface area contributed by atoms with Crippen molar-refractivity contribution in [3.05, 3.63) is 23.9 Å². The average molecular weight is 178 g/mol. The molecule has 0 atom stereocenters. The van der Waals surface area contributed by atoms with Crippen LogP contribution in [0.4, 0.5) is 0 Å². The lowest BCUT2D eigenvalue weighted by Crippen LogP contribution is -1.97. The van der Waals surface area contributed by atoms with Crippen molar-refractivity contribution in [1.29, 1.82) is 0 Å². The van der Waals surface area contributed by atoms with Crippen molar-refractivity contribution >= 4 is 16.9 Å². The molecule has 0 aliphatic heterocycles. The summed E-state index contributed by atoms with van der Waals surface area (Å²) in [6, 6.07) is 2.63. The quantitative estimate of drug-likeness (QED) is 0.607. The Morgan fingerprint density at radius 3 is 2.92 bits per heavy atom. The smallest absolute Gasteiger partial charge is 0.338 e. The van der Waals surface area contributed by atoms with Gasteiger partial charge in [0.1, 0.15) is 5.75 Å². The van der Waals surface area contributed by atoms with E-state index in [-0.39, 0.29) is 11.3 Å². The summed E-state index contributed by atoms with van der Waals surface area (Å²) in [6.07, 6.45) is 1.46. The highest BCUT2D eigenvalue weighted by Crippen LogP contribution is 2.22. The number of fused-ring (bicyclic) bond motifs is 1. The van der Waals surface area contributed by atoms with Gasteiger partial charge in [0.05, 0.1) is 17.3 Å². The predicted octanol–water partition coefficient (Wildman–Crippen LogP) is 0.967. The van der Waals surface area contributed by atoms with Gasteiger partial charge in [-0.25, -0.2) is 4.79 Å². The molecular weight excluding hydrogens is 172 g/mol. The van der Waals surface area contributed by atoms with Gasteiger partial charge in [0.15, 0.2) is 0 Å². The third kappa shape index (κ3) is 1.10. The molecule has 0 radical (unpaired) electrons. The van der Waals surface area contributed by atoms with Gasteiger partial charge in [-0.2, -0.15) is 5.10 Å². The first-order valence-electron chi connectivity index (χ1n) is 3.58. The third-order valence-corrected chi connectivity index (χ3v) is 1.76. The molecule has 5 heteroatoms. The van der Waals surface area contributed by atoms with E-state index in [4.69, 9.17) is 5.11 Å². The summed E-state index contributed by atoms with van der Waals surface area (Å²) in [5, 5.41) is 24.8. The fraction of sp³-hybridized carbons (Fsp3) is 0. The molecule has 0 aliphatic carbocycles. The lowest BCUT2D eigenvalue weighted by Gasteiger charge is -1.97. The normalized spacial score (nSPS) is 10.5. The van der Waals surface area contributed by atoms with E-state index in [1.54, 1.807) is 0 Å². The molecule has 3 N–H and O–H groups in total. The van der Waals surface area contributed by atoms with Gasteiger partial charge < -0.3 is 10.2 Å². The Labute approximate surface area is 72.6 Å². The van der Waals surface area contributed by atoms with E-state index in [0.29, 0.717) is 10.9 Å². The number of carboxylic acids is 1. The van der Waals surface area contributed by atoms with Crippen LogP contribution in [0.2, 0.25) is 0 Å². The predicted molar refractivity (Wildman–Crippen MR) is 44.7 cm³/mol. The van der Waals surface area contributed by atoms with E-state index in [1.807, 2.05) is 0 Å². The Kier molecular flexibility index (Phi) is 1.45. The second kappa shape index (κ2) is 2.48. The monoisotopic (exact) mass is 178 g/mol. The molecule has 0 amide bonds. The van der Waals surface area contributed by atoms with E-state index < -0.39 is 5.97 Å². The molecule has 2 aromatic rings. The molecular formula is C8H6N2O3. The van der Waals surface area contributed by atoms with Crippen molar-refractivity contribution < 1.29 is 15.0 Å². The third-order valence-electron chi connectivity index (χ3n) is 1.76. The van der Waals surface area contributed by atoms with Crippen LogP contribution in [0.5, 0.6) is 5.75 Å². The van der Waals surface area contributed by atoms with E-state index >= 15 is 0 Å². The number of phenols is 1. The van der Waals surface area contributed by atoms with Crippen molar-refractivity contribution in [2.24, 2.45) is 0 Å². The number of benzene rings is 1. The van der Waals surface area contributed by atoms with Crippen LogP contribution in [-0.2, 0) is 0 Å². The number of rotatable bonds is 1. The van der Waals surface area contributed by atoms with Crippen LogP contribution in [0.1, 0.15) is 10.4 Å². The molecule has 2 rings (SSSR count). The Hall–Kier alpha value is -2.04. The first-order valence-corrected chi connectivity index (χ1v) is 3.58. The lowest BCUT2D eigenvalue weighted by molar-refractivity contribution is 0.0698. The summed E-state index contributed by atoms with van der Waals surface area (Å²) in [6.45, 7) is 0. The lowest BCUT2D eigenvalue weighted by atomic mass is 10.1. The van der Waals surface area contributed by atoms with Crippen molar-refractivity contribution in [3.63, 3.8) is 0 Å². The maximum absolute atomic E-state index is 10.7. The summed E-state index contributed by atoms with van der Waals surface area (Å²) in [4.78, 5) is 10.7. The number of hydrogen-bond donors (Lipinski definition) is 3. The van der Waals surface area contributed by atoms with Gasteiger partial charge in [-0.15, -0.1) is 0 Å². The highest BCUT2D eigenvalue weighted by molar-refractivity contribution is 6.02. The van der Waals surface area contributed by atoms with Crippen LogP contribution in [0.15, 0.2) is 18.3 Å². The van der Waals surface area contributed by atoms with E-state index in [1.165, 1.54) is 18.3 Å². The minimum absolute atomic E-state index is 0.0208. The fourth-order valence-corrected chi connectivity index (χ4v) is 1.21. The number of H-pyrrole nitrogens is 1. The number of carbonyl (C=O) groups is 1. The zero-order chi connectivity index (χ0) is 9.42. The van der Waals surface area contributed by atoms with Crippen LogP contribution in [0.3, 0.4) is 0 Å². The Morgan fingerprint density at radius 2 is 2.23 bits per heavy atom. The number of nitrogens with one attached hydrogen (secondary N) is 1. The van der Waals surface area contributed by atoms with E-state index in [2.05, 4.69) is 10.2 Å². The highest BCUT2D eigenvalue weighted by Gasteiger charge is 2.11. The zero-order valence-corrected chi connectivity index (χ0v) is 6.48. The van der Waals surface area contributed by atoms with Gasteiger partial charge in [-0.3, -0.25) is 5.10 Å². The van der Waals surface area contributed by atoms with Crippen molar-refractivity contribution in [2.75, 3.05) is 0 Å². The van der Waals surface area contributed by atoms with Gasteiger partial charge in [0, 0.05) is 5.39 Å². The van der Waals surface area contributed by atoms with Crippen LogP contribution in [0.25, 0.3) is 10.9 Å². The molecule has 66 valence electrons. The SMILES string of the molecule is O=C(O)c1cc(O)cc2cn[nH]c12. The standard InChI is InChI=1S/C8H6N2O3/c11-5-1-4-3-9-10-7(4)6(2-5)8(12)13/h1-3,11H,(H,9,10)(H,12,13). The van der Waals surface area contributed by atoms with Crippen LogP contribution < -0.4 is 0 Å². The van der Waals surface area contributed by atoms with Gasteiger partial charge in [0.2, 0.25) is 0 Å². The molecule has 0 saturated heterocycles. The topological polar surface area (TPSA) is 86.2 Å². The van der Waals surface area contributed by atoms with Crippen molar-refractivity contribution in [1.82, 2.24) is 10.2 Å². The fourth-order valence-electron chi connectivity index (χ4n) is 1.21. The Bertz CT molecular complexity index is 475. The highest BCUT2D eigenvalue weighted by atomic mass is 16.4.